The molecule has 0 saturated carbocycles. The minimum absolute atomic E-state index is 0.0873. The van der Waals surface area contributed by atoms with Gasteiger partial charge in [0.05, 0.1) is 18.0 Å². The van der Waals surface area contributed by atoms with E-state index in [0.717, 1.165) is 11.5 Å². The van der Waals surface area contributed by atoms with E-state index in [9.17, 15) is 13.2 Å². The molecule has 9 heteroatoms. The lowest BCUT2D eigenvalue weighted by molar-refractivity contribution is -0.122. The van der Waals surface area contributed by atoms with Gasteiger partial charge in [-0.1, -0.05) is 0 Å². The quantitative estimate of drug-likeness (QED) is 0.584. The first-order valence-corrected chi connectivity index (χ1v) is 11.5. The predicted molar refractivity (Wildman–Crippen MR) is 106 cm³/mol. The molecule has 0 fully saturated rings. The van der Waals surface area contributed by atoms with Crippen molar-refractivity contribution >= 4 is 39.0 Å². The summed E-state index contributed by atoms with van der Waals surface area (Å²) >= 11 is 3.38. The largest absolute Gasteiger partial charge is 0.497 e. The third-order valence-corrected chi connectivity index (χ3v) is 6.81. The first kappa shape index (κ1) is 20.8. The van der Waals surface area contributed by atoms with Crippen LogP contribution in [0.25, 0.3) is 0 Å². The highest BCUT2D eigenvalue weighted by Gasteiger charge is 2.21. The minimum atomic E-state index is -3.76. The first-order valence-electron chi connectivity index (χ1n) is 7.95. The van der Waals surface area contributed by atoms with Crippen molar-refractivity contribution in [3.8, 4) is 5.75 Å². The maximum Gasteiger partial charge on any atom is 0.241 e. The van der Waals surface area contributed by atoms with Gasteiger partial charge in [-0.15, -0.1) is 0 Å². The van der Waals surface area contributed by atoms with E-state index in [-0.39, 0.29) is 10.8 Å². The molecular weight excluding hydrogens is 392 g/mol. The van der Waals surface area contributed by atoms with Gasteiger partial charge in [0.2, 0.25) is 15.9 Å². The van der Waals surface area contributed by atoms with Crippen LogP contribution in [-0.4, -0.2) is 39.8 Å². The lowest BCUT2D eigenvalue weighted by atomic mass is 10.3. The normalized spacial score (nSPS) is 12.5. The Balaban J connectivity index is 1.76. The average Bonchev–Trinajstić information content (AvgIpc) is 3.14. The third kappa shape index (κ3) is 6.31. The van der Waals surface area contributed by atoms with Gasteiger partial charge in [-0.3, -0.25) is 4.79 Å². The fourth-order valence-electron chi connectivity index (χ4n) is 2.07. The molecule has 0 aliphatic rings. The molecule has 2 aromatic rings. The van der Waals surface area contributed by atoms with E-state index >= 15 is 0 Å². The summed E-state index contributed by atoms with van der Waals surface area (Å²) in [6, 6.07) is 7.21. The van der Waals surface area contributed by atoms with E-state index in [0.29, 0.717) is 12.3 Å². The summed E-state index contributed by atoms with van der Waals surface area (Å²) in [6.45, 7) is 2.01. The second-order valence-corrected chi connectivity index (χ2v) is 9.09. The van der Waals surface area contributed by atoms with E-state index in [2.05, 4.69) is 21.5 Å². The van der Waals surface area contributed by atoms with Gasteiger partial charge in [0.25, 0.3) is 0 Å². The average molecular weight is 415 g/mol. The SMILES string of the molecule is COc1ccc(S(=O)(=O)NC(C)C(=O)NCCSCc2ccsc2)cc1. The predicted octanol–water partition coefficient (Wildman–Crippen LogP) is 2.47. The van der Waals surface area contributed by atoms with E-state index in [4.69, 9.17) is 4.74 Å². The molecule has 0 aliphatic carbocycles. The second kappa shape index (κ2) is 9.96. The van der Waals surface area contributed by atoms with Crippen molar-refractivity contribution in [1.82, 2.24) is 10.0 Å². The van der Waals surface area contributed by atoms with E-state index < -0.39 is 16.1 Å². The smallest absolute Gasteiger partial charge is 0.241 e. The van der Waals surface area contributed by atoms with Crippen LogP contribution >= 0.6 is 23.1 Å². The van der Waals surface area contributed by atoms with Gasteiger partial charge < -0.3 is 10.1 Å². The van der Waals surface area contributed by atoms with E-state index in [1.54, 1.807) is 35.2 Å². The van der Waals surface area contributed by atoms with Crippen LogP contribution in [0.4, 0.5) is 0 Å². The van der Waals surface area contributed by atoms with Crippen molar-refractivity contribution in [2.24, 2.45) is 0 Å². The van der Waals surface area contributed by atoms with Crippen molar-refractivity contribution in [3.05, 3.63) is 46.7 Å². The number of sulfonamides is 1. The Bertz CT molecular complexity index is 790. The Morgan fingerprint density at radius 2 is 2.00 bits per heavy atom. The van der Waals surface area contributed by atoms with Crippen molar-refractivity contribution in [2.75, 3.05) is 19.4 Å². The number of hydrogen-bond acceptors (Lipinski definition) is 6. The molecule has 1 atom stereocenters. The number of hydrogen-bond donors (Lipinski definition) is 2. The summed E-state index contributed by atoms with van der Waals surface area (Å²) in [5.41, 5.74) is 1.27. The number of rotatable bonds is 10. The Kier molecular flexibility index (Phi) is 7.95. The van der Waals surface area contributed by atoms with Crippen LogP contribution in [0.1, 0.15) is 12.5 Å². The van der Waals surface area contributed by atoms with E-state index in [1.807, 2.05) is 5.38 Å². The van der Waals surface area contributed by atoms with Crippen LogP contribution in [0.3, 0.4) is 0 Å². The minimum Gasteiger partial charge on any atom is -0.497 e. The number of benzene rings is 1. The molecule has 1 heterocycles. The molecule has 0 saturated heterocycles. The number of thioether (sulfide) groups is 1. The van der Waals surface area contributed by atoms with Crippen LogP contribution in [0, 0.1) is 0 Å². The number of amides is 1. The number of methoxy groups -OCH3 is 1. The summed E-state index contributed by atoms with van der Waals surface area (Å²) in [7, 11) is -2.26. The molecule has 0 bridgehead atoms. The summed E-state index contributed by atoms with van der Waals surface area (Å²) in [6.07, 6.45) is 0. The second-order valence-electron chi connectivity index (χ2n) is 5.49. The molecule has 0 spiro atoms. The molecule has 1 unspecified atom stereocenters. The summed E-state index contributed by atoms with van der Waals surface area (Å²) in [4.78, 5) is 12.2. The monoisotopic (exact) mass is 414 g/mol. The molecule has 26 heavy (non-hydrogen) atoms. The zero-order chi connectivity index (χ0) is 19.0. The number of thiophene rings is 1. The highest BCUT2D eigenvalue weighted by Crippen LogP contribution is 2.16. The van der Waals surface area contributed by atoms with Gasteiger partial charge in [-0.05, 0) is 53.6 Å². The number of carbonyl (C=O) groups excluding carboxylic acids is 1. The van der Waals surface area contributed by atoms with Crippen molar-refractivity contribution in [3.63, 3.8) is 0 Å². The topological polar surface area (TPSA) is 84.5 Å². The summed E-state index contributed by atoms with van der Waals surface area (Å²) < 4.78 is 32.0. The van der Waals surface area contributed by atoms with Crippen LogP contribution < -0.4 is 14.8 Å². The maximum absolute atomic E-state index is 12.3. The van der Waals surface area contributed by atoms with Crippen LogP contribution in [0.5, 0.6) is 5.75 Å². The van der Waals surface area contributed by atoms with Crippen molar-refractivity contribution < 1.29 is 17.9 Å². The number of nitrogens with one attached hydrogen (secondary N) is 2. The highest BCUT2D eigenvalue weighted by atomic mass is 32.2. The highest BCUT2D eigenvalue weighted by molar-refractivity contribution is 7.98. The van der Waals surface area contributed by atoms with Gasteiger partial charge in [0.15, 0.2) is 0 Å². The summed E-state index contributed by atoms with van der Waals surface area (Å²) in [5, 5.41) is 6.89. The molecular formula is C17H22N2O4S3. The standard InChI is InChI=1S/C17H22N2O4S3/c1-13(17(20)18-8-10-25-12-14-7-9-24-11-14)19-26(21,22)16-5-3-15(23-2)4-6-16/h3-7,9,11,13,19H,8,10,12H2,1-2H3,(H,18,20). The van der Waals surface area contributed by atoms with Crippen molar-refractivity contribution in [2.45, 2.75) is 23.6 Å². The molecule has 1 aromatic heterocycles. The molecule has 2 rings (SSSR count). The zero-order valence-electron chi connectivity index (χ0n) is 14.6. The van der Waals surface area contributed by atoms with E-state index in [1.165, 1.54) is 31.7 Å². The number of carbonyl (C=O) groups is 1. The molecule has 1 amide bonds. The molecule has 2 N–H and O–H groups in total. The van der Waals surface area contributed by atoms with Crippen LogP contribution in [-0.2, 0) is 20.6 Å². The lowest BCUT2D eigenvalue weighted by Crippen LogP contribution is -2.45. The van der Waals surface area contributed by atoms with Gasteiger partial charge in [0, 0.05) is 18.1 Å². The fourth-order valence-corrected chi connectivity index (χ4v) is 4.86. The molecule has 142 valence electrons. The summed E-state index contributed by atoms with van der Waals surface area (Å²) in [5.74, 6) is 1.88. The van der Waals surface area contributed by atoms with Gasteiger partial charge in [-0.25, -0.2) is 8.42 Å². The van der Waals surface area contributed by atoms with Crippen LogP contribution in [0.15, 0.2) is 46.0 Å². The van der Waals surface area contributed by atoms with Crippen molar-refractivity contribution in [1.29, 1.82) is 0 Å². The number of ether oxygens (including phenoxy) is 1. The van der Waals surface area contributed by atoms with Crippen LogP contribution in [0.2, 0.25) is 0 Å². The fraction of sp³-hybridized carbons (Fsp3) is 0.353. The maximum atomic E-state index is 12.3. The molecule has 0 radical (unpaired) electrons. The molecule has 6 nitrogen and oxygen atoms in total. The Hall–Kier alpha value is -1.55. The lowest BCUT2D eigenvalue weighted by Gasteiger charge is -2.14. The molecule has 1 aromatic carbocycles. The van der Waals surface area contributed by atoms with Gasteiger partial charge in [0.1, 0.15) is 5.75 Å². The third-order valence-electron chi connectivity index (χ3n) is 3.49. The Labute approximate surface area is 162 Å². The Morgan fingerprint density at radius 1 is 1.27 bits per heavy atom. The Morgan fingerprint density at radius 3 is 2.62 bits per heavy atom. The molecule has 0 aliphatic heterocycles. The first-order chi connectivity index (χ1) is 12.4. The van der Waals surface area contributed by atoms with Gasteiger partial charge in [-0.2, -0.15) is 27.8 Å². The van der Waals surface area contributed by atoms with Gasteiger partial charge >= 0.3 is 0 Å². The zero-order valence-corrected chi connectivity index (χ0v) is 17.0.